The molecule has 1 amide bonds. The fourth-order valence-electron chi connectivity index (χ4n) is 3.73. The van der Waals surface area contributed by atoms with Gasteiger partial charge in [0.2, 0.25) is 11.9 Å². The quantitative estimate of drug-likeness (QED) is 0.312. The molecule has 0 aliphatic carbocycles. The zero-order valence-electron chi connectivity index (χ0n) is 17.6. The van der Waals surface area contributed by atoms with Gasteiger partial charge in [-0.25, -0.2) is 9.67 Å². The van der Waals surface area contributed by atoms with E-state index in [0.29, 0.717) is 36.1 Å². The number of aryl methyl sites for hydroxylation is 1. The standard InChI is InChI=1S/C20H24ClN7O2S/c1-10-8-24-13(11(2)16(10)30-3)9-28-17-15-12(27-28)7-14(18(29)23-6-4-5-21)31-19(15)26-20(22)25-17/h8,14H,4-7,9H2,1-3H3,(H,23,29)(H2,22,25,26). The molecule has 0 fully saturated rings. The summed E-state index contributed by atoms with van der Waals surface area (Å²) in [5.41, 5.74) is 10.2. The van der Waals surface area contributed by atoms with E-state index in [2.05, 4.69) is 20.3 Å². The molecule has 3 N–H and O–H groups in total. The molecule has 0 bridgehead atoms. The minimum absolute atomic E-state index is 0.0542. The number of nitrogens with one attached hydrogen (secondary N) is 1. The molecule has 0 aromatic carbocycles. The Kier molecular flexibility index (Phi) is 6.19. The van der Waals surface area contributed by atoms with Gasteiger partial charge in [0.1, 0.15) is 10.8 Å². The van der Waals surface area contributed by atoms with Crippen molar-refractivity contribution < 1.29 is 9.53 Å². The lowest BCUT2D eigenvalue weighted by atomic mass is 10.1. The third-order valence-corrected chi connectivity index (χ3v) is 6.68. The van der Waals surface area contributed by atoms with Crippen LogP contribution in [0, 0.1) is 13.8 Å². The van der Waals surface area contributed by atoms with Gasteiger partial charge in [0.15, 0.2) is 5.65 Å². The van der Waals surface area contributed by atoms with Crippen molar-refractivity contribution in [3.63, 3.8) is 0 Å². The van der Waals surface area contributed by atoms with Crippen LogP contribution in [0.4, 0.5) is 5.95 Å². The summed E-state index contributed by atoms with van der Waals surface area (Å²) in [6, 6.07) is 0. The molecule has 11 heteroatoms. The highest BCUT2D eigenvalue weighted by Gasteiger charge is 2.32. The zero-order valence-corrected chi connectivity index (χ0v) is 19.2. The average Bonchev–Trinajstić information content (AvgIpc) is 3.08. The molecule has 1 aliphatic rings. The number of rotatable bonds is 7. The van der Waals surface area contributed by atoms with Crippen LogP contribution in [0.1, 0.15) is 28.9 Å². The number of aromatic nitrogens is 5. The molecule has 1 aliphatic heterocycles. The number of alkyl halides is 1. The molecule has 164 valence electrons. The number of pyridine rings is 1. The number of amides is 1. The number of carbonyl (C=O) groups is 1. The predicted octanol–water partition coefficient (Wildman–Crippen LogP) is 2.24. The Hall–Kier alpha value is -2.59. The van der Waals surface area contributed by atoms with Crippen molar-refractivity contribution in [3.05, 3.63) is 28.7 Å². The van der Waals surface area contributed by atoms with Gasteiger partial charge in [-0.2, -0.15) is 10.1 Å². The lowest BCUT2D eigenvalue weighted by molar-refractivity contribution is -0.120. The normalized spacial score (nSPS) is 15.3. The number of methoxy groups -OCH3 is 1. The molecular weight excluding hydrogens is 438 g/mol. The zero-order chi connectivity index (χ0) is 22.1. The number of nitrogen functional groups attached to an aromatic ring is 1. The van der Waals surface area contributed by atoms with E-state index in [-0.39, 0.29) is 17.1 Å². The van der Waals surface area contributed by atoms with Crippen LogP contribution in [0.3, 0.4) is 0 Å². The van der Waals surface area contributed by atoms with Crippen molar-refractivity contribution >= 4 is 46.3 Å². The van der Waals surface area contributed by atoms with Gasteiger partial charge in [0.05, 0.1) is 35.7 Å². The maximum absolute atomic E-state index is 12.6. The Morgan fingerprint density at radius 2 is 2.23 bits per heavy atom. The van der Waals surface area contributed by atoms with Crippen LogP contribution in [0.2, 0.25) is 0 Å². The Balaban J connectivity index is 1.68. The molecule has 4 rings (SSSR count). The summed E-state index contributed by atoms with van der Waals surface area (Å²) in [6.45, 7) is 4.89. The van der Waals surface area contributed by atoms with Crippen molar-refractivity contribution in [2.24, 2.45) is 0 Å². The highest BCUT2D eigenvalue weighted by molar-refractivity contribution is 8.00. The van der Waals surface area contributed by atoms with Crippen molar-refractivity contribution in [1.82, 2.24) is 30.0 Å². The molecule has 31 heavy (non-hydrogen) atoms. The number of nitrogens with zero attached hydrogens (tertiary/aromatic N) is 5. The number of thioether (sulfide) groups is 1. The highest BCUT2D eigenvalue weighted by atomic mass is 35.5. The first-order valence-electron chi connectivity index (χ1n) is 9.95. The lowest BCUT2D eigenvalue weighted by Gasteiger charge is -2.19. The smallest absolute Gasteiger partial charge is 0.233 e. The topological polar surface area (TPSA) is 121 Å². The van der Waals surface area contributed by atoms with Crippen LogP contribution in [-0.4, -0.2) is 55.4 Å². The number of carbonyl (C=O) groups excluding carboxylic acids is 1. The fraction of sp³-hybridized carbons (Fsp3) is 0.450. The first-order chi connectivity index (χ1) is 14.9. The van der Waals surface area contributed by atoms with E-state index in [1.165, 1.54) is 11.8 Å². The summed E-state index contributed by atoms with van der Waals surface area (Å²) < 4.78 is 7.31. The van der Waals surface area contributed by atoms with E-state index < -0.39 is 0 Å². The molecule has 0 spiro atoms. The second-order valence-corrected chi connectivity index (χ2v) is 8.95. The van der Waals surface area contributed by atoms with Gasteiger partial charge in [-0.15, -0.1) is 11.6 Å². The van der Waals surface area contributed by atoms with Crippen LogP contribution >= 0.6 is 23.4 Å². The Morgan fingerprint density at radius 1 is 1.42 bits per heavy atom. The van der Waals surface area contributed by atoms with Crippen LogP contribution in [0.5, 0.6) is 5.75 Å². The van der Waals surface area contributed by atoms with Crippen molar-refractivity contribution in [2.75, 3.05) is 25.3 Å². The third-order valence-electron chi connectivity index (χ3n) is 5.23. The largest absolute Gasteiger partial charge is 0.496 e. The first-order valence-corrected chi connectivity index (χ1v) is 11.4. The molecule has 0 radical (unpaired) electrons. The predicted molar refractivity (Wildman–Crippen MR) is 121 cm³/mol. The summed E-state index contributed by atoms with van der Waals surface area (Å²) in [6.07, 6.45) is 3.00. The highest BCUT2D eigenvalue weighted by Crippen LogP contribution is 2.38. The van der Waals surface area contributed by atoms with Crippen molar-refractivity contribution in [3.8, 4) is 5.75 Å². The summed E-state index contributed by atoms with van der Waals surface area (Å²) in [4.78, 5) is 26.0. The Bertz CT molecular complexity index is 1150. The van der Waals surface area contributed by atoms with Gasteiger partial charge in [0, 0.05) is 36.2 Å². The van der Waals surface area contributed by atoms with Crippen molar-refractivity contribution in [2.45, 2.75) is 43.5 Å². The SMILES string of the molecule is COc1c(C)cnc(Cn2nc3c4c(nc(N)nc42)SC(C(=O)NCCCCl)C3)c1C. The number of ether oxygens (including phenoxy) is 1. The molecule has 1 atom stereocenters. The molecule has 3 aromatic heterocycles. The van der Waals surface area contributed by atoms with Crippen LogP contribution in [0.25, 0.3) is 11.0 Å². The minimum atomic E-state index is -0.331. The molecule has 9 nitrogen and oxygen atoms in total. The second kappa shape index (κ2) is 8.88. The fourth-order valence-corrected chi connectivity index (χ4v) is 5.04. The number of nitrogens with two attached hydrogens (primary N) is 1. The molecule has 0 saturated carbocycles. The van der Waals surface area contributed by atoms with E-state index in [0.717, 1.165) is 40.1 Å². The number of hydrogen-bond donors (Lipinski definition) is 2. The van der Waals surface area contributed by atoms with Gasteiger partial charge in [-0.1, -0.05) is 11.8 Å². The molecule has 0 saturated heterocycles. The van der Waals surface area contributed by atoms with Gasteiger partial charge in [0.25, 0.3) is 0 Å². The maximum Gasteiger partial charge on any atom is 0.233 e. The second-order valence-electron chi connectivity index (χ2n) is 7.38. The van der Waals surface area contributed by atoms with E-state index in [9.17, 15) is 4.79 Å². The minimum Gasteiger partial charge on any atom is -0.496 e. The van der Waals surface area contributed by atoms with Crippen LogP contribution in [-0.2, 0) is 17.8 Å². The number of hydrogen-bond acceptors (Lipinski definition) is 8. The molecule has 3 aromatic rings. The summed E-state index contributed by atoms with van der Waals surface area (Å²) in [5.74, 6) is 1.41. The van der Waals surface area contributed by atoms with E-state index in [1.807, 2.05) is 13.8 Å². The van der Waals surface area contributed by atoms with Crippen LogP contribution in [0.15, 0.2) is 11.2 Å². The summed E-state index contributed by atoms with van der Waals surface area (Å²) >= 11 is 7.10. The third kappa shape index (κ3) is 4.14. The molecule has 4 heterocycles. The number of anilines is 1. The van der Waals surface area contributed by atoms with Gasteiger partial charge in [-0.05, 0) is 20.3 Å². The van der Waals surface area contributed by atoms with Gasteiger partial charge < -0.3 is 15.8 Å². The Labute approximate surface area is 189 Å². The van der Waals surface area contributed by atoms with Crippen LogP contribution < -0.4 is 15.8 Å². The maximum atomic E-state index is 12.6. The monoisotopic (exact) mass is 461 g/mol. The average molecular weight is 462 g/mol. The summed E-state index contributed by atoms with van der Waals surface area (Å²) in [5, 5.41) is 8.89. The Morgan fingerprint density at radius 3 is 2.97 bits per heavy atom. The van der Waals surface area contributed by atoms with E-state index in [1.54, 1.807) is 18.0 Å². The lowest BCUT2D eigenvalue weighted by Crippen LogP contribution is -2.35. The van der Waals surface area contributed by atoms with E-state index >= 15 is 0 Å². The summed E-state index contributed by atoms with van der Waals surface area (Å²) in [7, 11) is 1.65. The van der Waals surface area contributed by atoms with Gasteiger partial charge >= 0.3 is 0 Å². The van der Waals surface area contributed by atoms with Gasteiger partial charge in [-0.3, -0.25) is 9.78 Å². The van der Waals surface area contributed by atoms with Crippen molar-refractivity contribution in [1.29, 1.82) is 0 Å². The molecule has 1 unspecified atom stereocenters. The van der Waals surface area contributed by atoms with E-state index in [4.69, 9.17) is 27.2 Å². The first kappa shape index (κ1) is 21.6. The molecular formula is C20H24ClN7O2S. The number of halogens is 1.